The average Bonchev–Trinajstić information content (AvgIpc) is 2.66. The van der Waals surface area contributed by atoms with Crippen molar-refractivity contribution in [3.05, 3.63) is 47.5 Å². The van der Waals surface area contributed by atoms with Crippen LogP contribution in [0.4, 0.5) is 0 Å². The van der Waals surface area contributed by atoms with Crippen molar-refractivity contribution in [3.63, 3.8) is 0 Å². The number of nitrogens with one attached hydrogen (secondary N) is 1. The van der Waals surface area contributed by atoms with Gasteiger partial charge in [0.2, 0.25) is 0 Å². The third kappa shape index (κ3) is 7.85. The molecule has 2 aromatic rings. The van der Waals surface area contributed by atoms with Crippen molar-refractivity contribution >= 4 is 32.7 Å². The molecule has 0 aromatic heterocycles. The summed E-state index contributed by atoms with van der Waals surface area (Å²) in [7, 11) is -3.98. The van der Waals surface area contributed by atoms with Gasteiger partial charge in [0, 0.05) is 12.0 Å². The van der Waals surface area contributed by atoms with Crippen LogP contribution in [0.1, 0.15) is 69.4 Å². The number of hydrogen-bond acceptors (Lipinski definition) is 5. The third-order valence-corrected chi connectivity index (χ3v) is 5.89. The van der Waals surface area contributed by atoms with Gasteiger partial charge in [0.1, 0.15) is 11.6 Å². The van der Waals surface area contributed by atoms with Gasteiger partial charge in [-0.25, -0.2) is 0 Å². The van der Waals surface area contributed by atoms with Gasteiger partial charge in [-0.3, -0.25) is 10.2 Å². The lowest BCUT2D eigenvalue weighted by Gasteiger charge is -2.08. The van der Waals surface area contributed by atoms with Crippen molar-refractivity contribution < 1.29 is 17.4 Å². The Bertz CT molecular complexity index is 954. The van der Waals surface area contributed by atoms with Crippen molar-refractivity contribution in [1.29, 1.82) is 5.41 Å². The van der Waals surface area contributed by atoms with Gasteiger partial charge < -0.3 is 9.92 Å². The van der Waals surface area contributed by atoms with Gasteiger partial charge in [-0.1, -0.05) is 75.8 Å². The average molecular weight is 419 g/mol. The van der Waals surface area contributed by atoms with E-state index >= 15 is 0 Å². The zero-order chi connectivity index (χ0) is 21.3. The minimum atomic E-state index is -3.98. The number of nitrogens with two attached hydrogens (primary N) is 1. The van der Waals surface area contributed by atoms with E-state index in [0.29, 0.717) is 17.5 Å². The standard InChI is InChI=1S/C22H30N2O4S/c1-2-3-4-5-6-7-8-9-21(25)28-29(26,27)16-17-10-11-19-15-20(22(23)24)13-12-18(19)14-17/h10-15H,2-9,16H2,1H3,(H3,23,24). The molecule has 0 aliphatic heterocycles. The second kappa shape index (κ2) is 11.0. The van der Waals surface area contributed by atoms with E-state index in [1.165, 1.54) is 19.3 Å². The number of unbranched alkanes of at least 4 members (excludes halogenated alkanes) is 6. The Balaban J connectivity index is 1.86. The predicted molar refractivity (Wildman–Crippen MR) is 116 cm³/mol. The molecule has 0 saturated carbocycles. The van der Waals surface area contributed by atoms with E-state index in [1.54, 1.807) is 36.4 Å². The van der Waals surface area contributed by atoms with Crippen LogP contribution < -0.4 is 5.73 Å². The molecule has 0 amide bonds. The fourth-order valence-electron chi connectivity index (χ4n) is 3.20. The molecule has 0 heterocycles. The number of nitrogen functional groups attached to an aromatic ring is 1. The van der Waals surface area contributed by atoms with E-state index in [1.807, 2.05) is 0 Å². The van der Waals surface area contributed by atoms with Crippen LogP contribution in [-0.4, -0.2) is 20.2 Å². The van der Waals surface area contributed by atoms with Crippen molar-refractivity contribution in [2.45, 2.75) is 64.0 Å². The zero-order valence-corrected chi connectivity index (χ0v) is 17.8. The molecule has 158 valence electrons. The summed E-state index contributed by atoms with van der Waals surface area (Å²) in [6.45, 7) is 2.17. The predicted octanol–water partition coefficient (Wildman–Crippen LogP) is 4.64. The first kappa shape index (κ1) is 22.9. The third-order valence-electron chi connectivity index (χ3n) is 4.76. The zero-order valence-electron chi connectivity index (χ0n) is 16.9. The van der Waals surface area contributed by atoms with Crippen LogP contribution in [0.15, 0.2) is 36.4 Å². The Morgan fingerprint density at radius 1 is 0.966 bits per heavy atom. The molecule has 2 aromatic carbocycles. The Morgan fingerprint density at radius 3 is 2.28 bits per heavy atom. The van der Waals surface area contributed by atoms with Crippen molar-refractivity contribution in [2.24, 2.45) is 5.73 Å². The first-order valence-electron chi connectivity index (χ1n) is 10.1. The molecule has 0 fully saturated rings. The van der Waals surface area contributed by atoms with Crippen molar-refractivity contribution in [1.82, 2.24) is 0 Å². The van der Waals surface area contributed by atoms with E-state index in [9.17, 15) is 13.2 Å². The molecule has 7 heteroatoms. The largest absolute Gasteiger partial charge is 0.384 e. The summed E-state index contributed by atoms with van der Waals surface area (Å²) in [4.78, 5) is 11.9. The van der Waals surface area contributed by atoms with Crippen molar-refractivity contribution in [2.75, 3.05) is 0 Å². The number of amidine groups is 1. The van der Waals surface area contributed by atoms with Gasteiger partial charge in [-0.05, 0) is 28.8 Å². The summed E-state index contributed by atoms with van der Waals surface area (Å²) < 4.78 is 29.2. The molecule has 0 saturated heterocycles. The molecule has 0 aliphatic carbocycles. The number of benzene rings is 2. The number of carbonyl (C=O) groups excluding carboxylic acids is 1. The van der Waals surface area contributed by atoms with Crippen LogP contribution in [-0.2, 0) is 24.8 Å². The summed E-state index contributed by atoms with van der Waals surface area (Å²) in [5.74, 6) is -1.07. The molecule has 0 unspecified atom stereocenters. The van der Waals surface area contributed by atoms with E-state index < -0.39 is 16.1 Å². The fourth-order valence-corrected chi connectivity index (χ4v) is 4.21. The SMILES string of the molecule is CCCCCCCCCC(=O)OS(=O)(=O)Cc1ccc2cc(C(=N)N)ccc2c1. The molecule has 29 heavy (non-hydrogen) atoms. The molecule has 0 atom stereocenters. The molecule has 0 spiro atoms. The first-order valence-corrected chi connectivity index (χ1v) is 11.7. The number of fused-ring (bicyclic) bond motifs is 1. The van der Waals surface area contributed by atoms with Gasteiger partial charge in [0.15, 0.2) is 0 Å². The smallest absolute Gasteiger partial charge is 0.322 e. The maximum absolute atomic E-state index is 12.2. The van der Waals surface area contributed by atoms with E-state index in [-0.39, 0.29) is 18.0 Å². The molecular weight excluding hydrogens is 388 g/mol. The quantitative estimate of drug-likeness (QED) is 0.226. The lowest BCUT2D eigenvalue weighted by molar-refractivity contribution is -0.133. The Hall–Kier alpha value is -2.41. The molecule has 0 aliphatic rings. The summed E-state index contributed by atoms with van der Waals surface area (Å²) in [6, 6.07) is 10.5. The maximum Gasteiger partial charge on any atom is 0.322 e. The van der Waals surface area contributed by atoms with Crippen LogP contribution >= 0.6 is 0 Å². The van der Waals surface area contributed by atoms with Crippen LogP contribution in [0.2, 0.25) is 0 Å². The maximum atomic E-state index is 12.2. The minimum Gasteiger partial charge on any atom is -0.384 e. The minimum absolute atomic E-state index is 0.0218. The van der Waals surface area contributed by atoms with E-state index in [2.05, 4.69) is 6.92 Å². The molecule has 3 N–H and O–H groups in total. The van der Waals surface area contributed by atoms with Gasteiger partial charge >= 0.3 is 16.1 Å². The van der Waals surface area contributed by atoms with Crippen LogP contribution in [0, 0.1) is 5.41 Å². The summed E-state index contributed by atoms with van der Waals surface area (Å²) >= 11 is 0. The second-order valence-corrected chi connectivity index (χ2v) is 8.91. The Labute approximate surface area is 173 Å². The normalized spacial score (nSPS) is 11.5. The highest BCUT2D eigenvalue weighted by Gasteiger charge is 2.18. The Kier molecular flexibility index (Phi) is 8.64. The van der Waals surface area contributed by atoms with E-state index in [0.717, 1.165) is 30.0 Å². The molecule has 6 nitrogen and oxygen atoms in total. The second-order valence-electron chi connectivity index (χ2n) is 7.34. The summed E-state index contributed by atoms with van der Waals surface area (Å²) in [5.41, 5.74) is 6.64. The van der Waals surface area contributed by atoms with Gasteiger partial charge in [-0.2, -0.15) is 8.42 Å². The Morgan fingerprint density at radius 2 is 1.59 bits per heavy atom. The molecule has 0 radical (unpaired) electrons. The molecular formula is C22H30N2O4S. The topological polar surface area (TPSA) is 110 Å². The van der Waals surface area contributed by atoms with Crippen LogP contribution in [0.25, 0.3) is 10.8 Å². The number of carbonyl (C=O) groups is 1. The highest BCUT2D eigenvalue weighted by molar-refractivity contribution is 7.86. The van der Waals surface area contributed by atoms with Crippen LogP contribution in [0.5, 0.6) is 0 Å². The molecule has 2 rings (SSSR count). The lowest BCUT2D eigenvalue weighted by Crippen LogP contribution is -2.14. The monoisotopic (exact) mass is 418 g/mol. The summed E-state index contributed by atoms with van der Waals surface area (Å²) in [6.07, 6.45) is 7.52. The number of hydrogen-bond donors (Lipinski definition) is 2. The lowest BCUT2D eigenvalue weighted by atomic mass is 10.0. The van der Waals surface area contributed by atoms with E-state index in [4.69, 9.17) is 15.3 Å². The molecule has 0 bridgehead atoms. The van der Waals surface area contributed by atoms with Gasteiger partial charge in [0.25, 0.3) is 0 Å². The highest BCUT2D eigenvalue weighted by Crippen LogP contribution is 2.20. The van der Waals surface area contributed by atoms with Crippen molar-refractivity contribution in [3.8, 4) is 0 Å². The highest BCUT2D eigenvalue weighted by atomic mass is 32.2. The number of rotatable bonds is 12. The van der Waals surface area contributed by atoms with Gasteiger partial charge in [-0.15, -0.1) is 0 Å². The fraction of sp³-hybridized carbons (Fsp3) is 0.455. The van der Waals surface area contributed by atoms with Crippen LogP contribution in [0.3, 0.4) is 0 Å². The summed E-state index contributed by atoms with van der Waals surface area (Å²) in [5, 5.41) is 9.17. The van der Waals surface area contributed by atoms with Gasteiger partial charge in [0.05, 0.1) is 0 Å². The first-order chi connectivity index (χ1) is 13.8.